The lowest BCUT2D eigenvalue weighted by atomic mass is 9.74. The zero-order valence-electron chi connectivity index (χ0n) is 9.36. The van der Waals surface area contributed by atoms with E-state index < -0.39 is 0 Å². The zero-order valence-corrected chi connectivity index (χ0v) is 9.36. The van der Waals surface area contributed by atoms with Gasteiger partial charge >= 0.3 is 0 Å². The van der Waals surface area contributed by atoms with Gasteiger partial charge < -0.3 is 0 Å². The Hall–Kier alpha value is -1.15. The van der Waals surface area contributed by atoms with Crippen molar-refractivity contribution in [1.29, 1.82) is 0 Å². The molecule has 0 radical (unpaired) electrons. The smallest absolute Gasteiger partial charge is 0.157 e. The fourth-order valence-corrected chi connectivity index (χ4v) is 2.16. The molecule has 80 valence electrons. The summed E-state index contributed by atoms with van der Waals surface area (Å²) in [5.41, 5.74) is 0.886. The van der Waals surface area contributed by atoms with Crippen molar-refractivity contribution in [2.75, 3.05) is 20.1 Å². The number of likely N-dealkylation sites (N-methyl/N-ethyl adjacent to an activating group) is 1. The van der Waals surface area contributed by atoms with E-state index in [4.69, 9.17) is 0 Å². The van der Waals surface area contributed by atoms with Crippen LogP contribution in [0.5, 0.6) is 0 Å². The minimum Gasteiger partial charge on any atom is -0.299 e. The Bertz CT molecular complexity index is 360. The van der Waals surface area contributed by atoms with Gasteiger partial charge in [-0.3, -0.25) is 9.69 Å². The van der Waals surface area contributed by atoms with Crippen LogP contribution in [0.25, 0.3) is 0 Å². The summed E-state index contributed by atoms with van der Waals surface area (Å²) in [6.07, 6.45) is 0.923. The summed E-state index contributed by atoms with van der Waals surface area (Å²) in [5.74, 6) is 0.336. The lowest BCUT2D eigenvalue weighted by Crippen LogP contribution is -2.47. The van der Waals surface area contributed by atoms with Crippen LogP contribution in [0.2, 0.25) is 0 Å². The Morgan fingerprint density at radius 3 is 2.53 bits per heavy atom. The second kappa shape index (κ2) is 3.78. The maximum absolute atomic E-state index is 12.1. The highest BCUT2D eigenvalue weighted by atomic mass is 16.1. The van der Waals surface area contributed by atoms with E-state index in [1.165, 1.54) is 0 Å². The molecule has 0 bridgehead atoms. The van der Waals surface area contributed by atoms with Crippen LogP contribution in [0.3, 0.4) is 0 Å². The van der Waals surface area contributed by atoms with Crippen molar-refractivity contribution in [2.45, 2.75) is 18.8 Å². The molecule has 0 amide bonds. The molecule has 1 heterocycles. The lowest BCUT2D eigenvalue weighted by molar-refractivity contribution is -0.127. The number of Topliss-reactive ketones (excluding diaryl/α,β-unsaturated/α-hetero) is 1. The Morgan fingerprint density at radius 1 is 1.27 bits per heavy atom. The van der Waals surface area contributed by atoms with Crippen LogP contribution in [0.15, 0.2) is 30.3 Å². The molecule has 0 N–H and O–H groups in total. The molecular weight excluding hydrogens is 186 g/mol. The standard InChI is InChI=1S/C13H17NO/c1-13(11-6-4-3-5-7-11)8-9-14(2)10-12(13)15/h3-7H,8-10H2,1-2H3/t13-/m1/s1. The second-order valence-corrected chi connectivity index (χ2v) is 4.61. The Kier molecular flexibility index (Phi) is 2.61. The average Bonchev–Trinajstić information content (AvgIpc) is 2.25. The van der Waals surface area contributed by atoms with E-state index in [2.05, 4.69) is 24.0 Å². The monoisotopic (exact) mass is 203 g/mol. The highest BCUT2D eigenvalue weighted by Crippen LogP contribution is 2.31. The molecule has 0 saturated carbocycles. The average molecular weight is 203 g/mol. The molecule has 0 unspecified atom stereocenters. The van der Waals surface area contributed by atoms with Gasteiger partial charge in [-0.25, -0.2) is 0 Å². The summed E-state index contributed by atoms with van der Waals surface area (Å²) in [6, 6.07) is 10.1. The topological polar surface area (TPSA) is 20.3 Å². The van der Waals surface area contributed by atoms with Crippen molar-refractivity contribution < 1.29 is 4.79 Å². The minimum absolute atomic E-state index is 0.270. The fourth-order valence-electron chi connectivity index (χ4n) is 2.16. The molecule has 2 heteroatoms. The quantitative estimate of drug-likeness (QED) is 0.694. The van der Waals surface area contributed by atoms with E-state index in [1.807, 2.05) is 25.2 Å². The summed E-state index contributed by atoms with van der Waals surface area (Å²) in [5, 5.41) is 0. The first kappa shape index (κ1) is 10.4. The molecule has 2 nitrogen and oxygen atoms in total. The van der Waals surface area contributed by atoms with E-state index in [0.29, 0.717) is 12.3 Å². The molecule has 1 aliphatic rings. The minimum atomic E-state index is -0.270. The first-order valence-corrected chi connectivity index (χ1v) is 5.40. The fraction of sp³-hybridized carbons (Fsp3) is 0.462. The van der Waals surface area contributed by atoms with Crippen LogP contribution in [-0.2, 0) is 10.2 Å². The Morgan fingerprint density at radius 2 is 1.93 bits per heavy atom. The first-order chi connectivity index (χ1) is 7.13. The van der Waals surface area contributed by atoms with Gasteiger partial charge in [0, 0.05) is 0 Å². The number of hydrogen-bond donors (Lipinski definition) is 0. The van der Waals surface area contributed by atoms with Crippen molar-refractivity contribution in [3.63, 3.8) is 0 Å². The van der Waals surface area contributed by atoms with E-state index in [-0.39, 0.29) is 5.41 Å². The second-order valence-electron chi connectivity index (χ2n) is 4.61. The van der Waals surface area contributed by atoms with Gasteiger partial charge in [-0.05, 0) is 32.5 Å². The summed E-state index contributed by atoms with van der Waals surface area (Å²) in [7, 11) is 2.00. The van der Waals surface area contributed by atoms with Crippen LogP contribution >= 0.6 is 0 Å². The first-order valence-electron chi connectivity index (χ1n) is 5.40. The van der Waals surface area contributed by atoms with Crippen molar-refractivity contribution in [2.24, 2.45) is 0 Å². The molecule has 15 heavy (non-hydrogen) atoms. The molecule has 0 spiro atoms. The predicted octanol–water partition coefficient (Wildman–Crippen LogP) is 1.85. The maximum atomic E-state index is 12.1. The summed E-state index contributed by atoms with van der Waals surface area (Å²) in [4.78, 5) is 14.2. The molecule has 0 aromatic heterocycles. The SMILES string of the molecule is CN1CC[C@](C)(c2ccccc2)C(=O)C1. The molecule has 1 aromatic rings. The number of carbonyl (C=O) groups excluding carboxylic acids is 1. The molecule has 1 atom stereocenters. The van der Waals surface area contributed by atoms with Gasteiger partial charge in [-0.2, -0.15) is 0 Å². The number of likely N-dealkylation sites (tertiary alicyclic amines) is 1. The van der Waals surface area contributed by atoms with Gasteiger partial charge in [0.25, 0.3) is 0 Å². The largest absolute Gasteiger partial charge is 0.299 e. The molecule has 1 fully saturated rings. The van der Waals surface area contributed by atoms with Gasteiger partial charge in [0.05, 0.1) is 12.0 Å². The zero-order chi connectivity index (χ0) is 10.9. The van der Waals surface area contributed by atoms with Gasteiger partial charge in [-0.1, -0.05) is 30.3 Å². The number of carbonyl (C=O) groups is 1. The number of nitrogens with zero attached hydrogens (tertiary/aromatic N) is 1. The summed E-state index contributed by atoms with van der Waals surface area (Å²) in [6.45, 7) is 3.64. The van der Waals surface area contributed by atoms with Gasteiger partial charge in [-0.15, -0.1) is 0 Å². The maximum Gasteiger partial charge on any atom is 0.157 e. The molecule has 0 aliphatic carbocycles. The normalized spacial score (nSPS) is 28.0. The third kappa shape index (κ3) is 1.82. The number of rotatable bonds is 1. The summed E-state index contributed by atoms with van der Waals surface area (Å²) < 4.78 is 0. The van der Waals surface area contributed by atoms with Crippen molar-refractivity contribution >= 4 is 5.78 Å². The van der Waals surface area contributed by atoms with Crippen molar-refractivity contribution in [3.8, 4) is 0 Å². The van der Waals surface area contributed by atoms with E-state index in [9.17, 15) is 4.79 Å². The molecule has 2 rings (SSSR count). The molecular formula is C13H17NO. The van der Waals surface area contributed by atoms with Crippen LogP contribution in [0, 0.1) is 0 Å². The highest BCUT2D eigenvalue weighted by Gasteiger charge is 2.38. The van der Waals surface area contributed by atoms with Gasteiger partial charge in [0.2, 0.25) is 0 Å². The molecule has 1 saturated heterocycles. The number of benzene rings is 1. The number of ketones is 1. The van der Waals surface area contributed by atoms with Crippen molar-refractivity contribution in [3.05, 3.63) is 35.9 Å². The van der Waals surface area contributed by atoms with Crippen LogP contribution in [-0.4, -0.2) is 30.8 Å². The van der Waals surface area contributed by atoms with Crippen molar-refractivity contribution in [1.82, 2.24) is 4.90 Å². The molecule has 1 aliphatic heterocycles. The van der Waals surface area contributed by atoms with Crippen LogP contribution in [0.4, 0.5) is 0 Å². The predicted molar refractivity (Wildman–Crippen MR) is 60.9 cm³/mol. The third-order valence-corrected chi connectivity index (χ3v) is 3.43. The van der Waals surface area contributed by atoms with Crippen LogP contribution in [0.1, 0.15) is 18.9 Å². The summed E-state index contributed by atoms with van der Waals surface area (Å²) >= 11 is 0. The van der Waals surface area contributed by atoms with Gasteiger partial charge in [0.1, 0.15) is 0 Å². The third-order valence-electron chi connectivity index (χ3n) is 3.43. The van der Waals surface area contributed by atoms with E-state index in [0.717, 1.165) is 18.5 Å². The number of piperidine rings is 1. The van der Waals surface area contributed by atoms with Crippen LogP contribution < -0.4 is 0 Å². The lowest BCUT2D eigenvalue weighted by Gasteiger charge is -2.36. The Balaban J connectivity index is 2.31. The van der Waals surface area contributed by atoms with Gasteiger partial charge in [0.15, 0.2) is 5.78 Å². The highest BCUT2D eigenvalue weighted by molar-refractivity contribution is 5.92. The van der Waals surface area contributed by atoms with E-state index in [1.54, 1.807) is 0 Å². The number of hydrogen-bond acceptors (Lipinski definition) is 2. The van der Waals surface area contributed by atoms with E-state index >= 15 is 0 Å². The molecule has 1 aromatic carbocycles. The Labute approximate surface area is 90.9 Å².